The molecule has 1 N–H and O–H groups in total. The third-order valence-electron chi connectivity index (χ3n) is 5.43. The highest BCUT2D eigenvalue weighted by molar-refractivity contribution is 5.69. The first-order chi connectivity index (χ1) is 13.5. The summed E-state index contributed by atoms with van der Waals surface area (Å²) >= 11 is 0. The van der Waals surface area contributed by atoms with E-state index in [1.807, 2.05) is 12.1 Å². The average molecular weight is 384 g/mol. The maximum absolute atomic E-state index is 12.5. The summed E-state index contributed by atoms with van der Waals surface area (Å²) in [4.78, 5) is 28.7. The van der Waals surface area contributed by atoms with E-state index in [0.717, 1.165) is 23.8 Å². The highest BCUT2D eigenvalue weighted by Gasteiger charge is 2.22. The molecule has 2 heterocycles. The van der Waals surface area contributed by atoms with Gasteiger partial charge in [-0.2, -0.15) is 0 Å². The van der Waals surface area contributed by atoms with Crippen molar-refractivity contribution in [2.24, 2.45) is 14.1 Å². The second-order valence-electron chi connectivity index (χ2n) is 7.34. The maximum atomic E-state index is 12.5. The van der Waals surface area contributed by atoms with Crippen LogP contribution in [0.5, 0.6) is 0 Å². The maximum Gasteiger partial charge on any atom is 0.332 e. The smallest absolute Gasteiger partial charge is 0.332 e. The molecule has 0 bridgehead atoms. The Morgan fingerprint density at radius 2 is 2.04 bits per heavy atom. The van der Waals surface area contributed by atoms with Crippen LogP contribution >= 0.6 is 0 Å². The van der Waals surface area contributed by atoms with E-state index in [9.17, 15) is 14.7 Å². The standard InChI is InChI=1S/C20H24N4O4/c1-22-18-17(19(26)23(2)20(22)27)24(12-21-18)10-14(25)11-28-16-9-5-7-13-6-3-4-8-15(13)16/h3-4,6,8,12,14,16,25H,5,7,9-11H2,1-2H3/t14-,16-/m1/s1. The number of fused-ring (bicyclic) bond motifs is 2. The molecule has 0 fully saturated rings. The molecule has 0 unspecified atom stereocenters. The average Bonchev–Trinajstić information content (AvgIpc) is 3.12. The Bertz CT molecular complexity index is 1130. The van der Waals surface area contributed by atoms with Crippen molar-refractivity contribution in [2.45, 2.75) is 38.0 Å². The first-order valence-corrected chi connectivity index (χ1v) is 9.45. The minimum Gasteiger partial charge on any atom is -0.389 e. The van der Waals surface area contributed by atoms with Crippen LogP contribution in [-0.4, -0.2) is 36.5 Å². The molecule has 148 valence electrons. The third-order valence-corrected chi connectivity index (χ3v) is 5.43. The van der Waals surface area contributed by atoms with Gasteiger partial charge in [-0.3, -0.25) is 13.9 Å². The van der Waals surface area contributed by atoms with Crippen molar-refractivity contribution < 1.29 is 9.84 Å². The Labute approximate surface area is 161 Å². The van der Waals surface area contributed by atoms with Crippen molar-refractivity contribution in [3.05, 3.63) is 62.6 Å². The summed E-state index contributed by atoms with van der Waals surface area (Å²) < 4.78 is 9.96. The molecular formula is C20H24N4O4. The number of aryl methyl sites for hydroxylation is 2. The summed E-state index contributed by atoms with van der Waals surface area (Å²) in [6.45, 7) is 0.322. The molecule has 2 aromatic heterocycles. The van der Waals surface area contributed by atoms with Crippen molar-refractivity contribution in [3.8, 4) is 0 Å². The lowest BCUT2D eigenvalue weighted by molar-refractivity contribution is -0.0222. The number of ether oxygens (including phenoxy) is 1. The Balaban J connectivity index is 1.50. The normalized spacial score (nSPS) is 17.6. The number of imidazole rings is 1. The van der Waals surface area contributed by atoms with Crippen LogP contribution in [0.4, 0.5) is 0 Å². The Morgan fingerprint density at radius 1 is 1.25 bits per heavy atom. The quantitative estimate of drug-likeness (QED) is 0.705. The van der Waals surface area contributed by atoms with Crippen LogP contribution in [0.25, 0.3) is 11.2 Å². The largest absolute Gasteiger partial charge is 0.389 e. The topological polar surface area (TPSA) is 91.3 Å². The van der Waals surface area contributed by atoms with Crippen LogP contribution in [0.3, 0.4) is 0 Å². The highest BCUT2D eigenvalue weighted by atomic mass is 16.5. The van der Waals surface area contributed by atoms with Gasteiger partial charge in [-0.1, -0.05) is 24.3 Å². The van der Waals surface area contributed by atoms with Crippen LogP contribution in [-0.2, 0) is 31.8 Å². The zero-order chi connectivity index (χ0) is 19.8. The molecule has 0 radical (unpaired) electrons. The SMILES string of the molecule is Cn1c(=O)c2c(ncn2C[C@@H](O)CO[C@@H]2CCCc3ccccc32)n(C)c1=O. The third kappa shape index (κ3) is 3.18. The van der Waals surface area contributed by atoms with Crippen molar-refractivity contribution in [1.82, 2.24) is 18.7 Å². The molecule has 3 aromatic rings. The summed E-state index contributed by atoms with van der Waals surface area (Å²) in [5.41, 5.74) is 2.25. The fourth-order valence-corrected chi connectivity index (χ4v) is 3.92. The number of nitrogens with zero attached hydrogens (tertiary/aromatic N) is 4. The number of aromatic nitrogens is 4. The number of hydrogen-bond donors (Lipinski definition) is 1. The zero-order valence-corrected chi connectivity index (χ0v) is 16.0. The summed E-state index contributed by atoms with van der Waals surface area (Å²) in [5.74, 6) is 0. The molecule has 2 atom stereocenters. The van der Waals surface area contributed by atoms with Gasteiger partial charge in [0.15, 0.2) is 11.2 Å². The van der Waals surface area contributed by atoms with Gasteiger partial charge in [0.1, 0.15) is 0 Å². The number of rotatable bonds is 5. The van der Waals surface area contributed by atoms with E-state index in [1.54, 1.807) is 11.6 Å². The van der Waals surface area contributed by atoms with Gasteiger partial charge < -0.3 is 14.4 Å². The molecule has 0 saturated heterocycles. The van der Waals surface area contributed by atoms with Crippen LogP contribution in [0.1, 0.15) is 30.1 Å². The van der Waals surface area contributed by atoms with E-state index >= 15 is 0 Å². The Kier molecular flexibility index (Phi) is 4.91. The first-order valence-electron chi connectivity index (χ1n) is 9.45. The number of hydrogen-bond acceptors (Lipinski definition) is 5. The molecule has 1 aliphatic rings. The van der Waals surface area contributed by atoms with E-state index in [2.05, 4.69) is 17.1 Å². The molecule has 28 heavy (non-hydrogen) atoms. The van der Waals surface area contributed by atoms with Crippen molar-refractivity contribution in [2.75, 3.05) is 6.61 Å². The van der Waals surface area contributed by atoms with E-state index in [0.29, 0.717) is 11.2 Å². The molecule has 0 saturated carbocycles. The zero-order valence-electron chi connectivity index (χ0n) is 16.0. The van der Waals surface area contributed by atoms with Gasteiger partial charge in [0.05, 0.1) is 31.7 Å². The van der Waals surface area contributed by atoms with Crippen molar-refractivity contribution >= 4 is 11.2 Å². The minimum atomic E-state index is -0.798. The lowest BCUT2D eigenvalue weighted by atomic mass is 9.89. The van der Waals surface area contributed by atoms with E-state index < -0.39 is 17.4 Å². The molecule has 0 aliphatic heterocycles. The van der Waals surface area contributed by atoms with Crippen LogP contribution in [0, 0.1) is 0 Å². The lowest BCUT2D eigenvalue weighted by Crippen LogP contribution is -2.38. The Hall–Kier alpha value is -2.71. The van der Waals surface area contributed by atoms with Gasteiger partial charge >= 0.3 is 5.69 Å². The van der Waals surface area contributed by atoms with Gasteiger partial charge in [0.25, 0.3) is 5.56 Å². The van der Waals surface area contributed by atoms with Gasteiger partial charge in [-0.05, 0) is 30.4 Å². The fourth-order valence-electron chi connectivity index (χ4n) is 3.92. The van der Waals surface area contributed by atoms with Gasteiger partial charge in [0.2, 0.25) is 0 Å². The highest BCUT2D eigenvalue weighted by Crippen LogP contribution is 2.32. The summed E-state index contributed by atoms with van der Waals surface area (Å²) in [7, 11) is 3.00. The Morgan fingerprint density at radius 3 is 2.86 bits per heavy atom. The second-order valence-corrected chi connectivity index (χ2v) is 7.34. The van der Waals surface area contributed by atoms with Crippen LogP contribution in [0.2, 0.25) is 0 Å². The van der Waals surface area contributed by atoms with Crippen LogP contribution in [0.15, 0.2) is 40.2 Å². The molecular weight excluding hydrogens is 360 g/mol. The molecule has 8 heteroatoms. The molecule has 1 aliphatic carbocycles. The summed E-state index contributed by atoms with van der Waals surface area (Å²) in [5, 5.41) is 10.5. The molecule has 0 spiro atoms. The molecule has 1 aromatic carbocycles. The van der Waals surface area contributed by atoms with E-state index in [-0.39, 0.29) is 19.3 Å². The van der Waals surface area contributed by atoms with Crippen molar-refractivity contribution in [3.63, 3.8) is 0 Å². The van der Waals surface area contributed by atoms with E-state index in [1.165, 1.54) is 29.1 Å². The number of aliphatic hydroxyl groups excluding tert-OH is 1. The second kappa shape index (κ2) is 7.37. The van der Waals surface area contributed by atoms with E-state index in [4.69, 9.17) is 4.74 Å². The van der Waals surface area contributed by atoms with Crippen LogP contribution < -0.4 is 11.2 Å². The van der Waals surface area contributed by atoms with Gasteiger partial charge in [-0.25, -0.2) is 9.78 Å². The lowest BCUT2D eigenvalue weighted by Gasteiger charge is -2.26. The first kappa shape index (κ1) is 18.6. The number of benzene rings is 1. The molecule has 0 amide bonds. The summed E-state index contributed by atoms with van der Waals surface area (Å²) in [6, 6.07) is 8.25. The molecule has 8 nitrogen and oxygen atoms in total. The monoisotopic (exact) mass is 384 g/mol. The fraction of sp³-hybridized carbons (Fsp3) is 0.450. The van der Waals surface area contributed by atoms with Gasteiger partial charge in [0, 0.05) is 14.1 Å². The summed E-state index contributed by atoms with van der Waals surface area (Å²) in [6.07, 6.45) is 3.71. The molecule has 4 rings (SSSR count). The van der Waals surface area contributed by atoms with Gasteiger partial charge in [-0.15, -0.1) is 0 Å². The van der Waals surface area contributed by atoms with Crippen molar-refractivity contribution in [1.29, 1.82) is 0 Å². The minimum absolute atomic E-state index is 0.0205. The predicted octanol–water partition coefficient (Wildman–Crippen LogP) is 0.889. The number of aliphatic hydroxyl groups is 1. The predicted molar refractivity (Wildman–Crippen MR) is 104 cm³/mol.